The van der Waals surface area contributed by atoms with Gasteiger partial charge in [0.2, 0.25) is 0 Å². The fourth-order valence-electron chi connectivity index (χ4n) is 0.656. The van der Waals surface area contributed by atoms with Gasteiger partial charge in [0.15, 0.2) is 5.82 Å². The van der Waals surface area contributed by atoms with Crippen LogP contribution in [-0.2, 0) is 0 Å². The molecule has 0 saturated carbocycles. The van der Waals surface area contributed by atoms with Gasteiger partial charge in [0, 0.05) is 9.77 Å². The third kappa shape index (κ3) is 1.90. The number of rotatable bonds is 1. The van der Waals surface area contributed by atoms with Gasteiger partial charge < -0.3 is 0 Å². The third-order valence-corrected chi connectivity index (χ3v) is 2.60. The first-order valence-corrected chi connectivity index (χ1v) is 4.68. The number of hydrogen-bond acceptors (Lipinski definition) is 1. The summed E-state index contributed by atoms with van der Waals surface area (Å²) in [5.41, 5.74) is -0.600. The molecule has 0 radical (unpaired) electrons. The molecule has 0 aliphatic rings. The normalized spacial score (nSPS) is 10.8. The van der Waals surface area contributed by atoms with Crippen LogP contribution >= 0.6 is 38.5 Å². The van der Waals surface area contributed by atoms with E-state index in [9.17, 15) is 13.2 Å². The van der Waals surface area contributed by atoms with Crippen LogP contribution in [0.5, 0.6) is 0 Å². The maximum Gasteiger partial charge on any atom is 0.267 e. The summed E-state index contributed by atoms with van der Waals surface area (Å²) < 4.78 is 37.2. The van der Waals surface area contributed by atoms with Crippen molar-refractivity contribution in [1.29, 1.82) is 0 Å². The Kier molecular flexibility index (Phi) is 3.33. The Labute approximate surface area is 88.6 Å². The van der Waals surface area contributed by atoms with Crippen LogP contribution < -0.4 is 0 Å². The molecule has 0 atom stereocenters. The van der Waals surface area contributed by atoms with Crippen LogP contribution in [0.15, 0.2) is 10.8 Å². The highest BCUT2D eigenvalue weighted by Crippen LogP contribution is 2.29. The lowest BCUT2D eigenvalue weighted by Crippen LogP contribution is -1.97. The van der Waals surface area contributed by atoms with Crippen molar-refractivity contribution in [2.24, 2.45) is 0 Å². The molecule has 6 heteroatoms. The Morgan fingerprint density at radius 3 is 2.50 bits per heavy atom. The second-order valence-electron chi connectivity index (χ2n) is 1.93. The average Bonchev–Trinajstić information content (AvgIpc) is 1.97. The van der Waals surface area contributed by atoms with E-state index in [4.69, 9.17) is 0 Å². The molecule has 0 spiro atoms. The molecule has 0 saturated heterocycles. The minimum Gasteiger partial charge on any atom is -0.245 e. The zero-order valence-corrected chi connectivity index (χ0v) is 9.24. The van der Waals surface area contributed by atoms with E-state index >= 15 is 0 Å². The van der Waals surface area contributed by atoms with Gasteiger partial charge in [-0.15, -0.1) is 0 Å². The maximum atomic E-state index is 12.9. The van der Waals surface area contributed by atoms with Crippen molar-refractivity contribution in [2.45, 2.75) is 6.43 Å². The van der Waals surface area contributed by atoms with Crippen LogP contribution in [0.2, 0.25) is 0 Å². The Morgan fingerprint density at radius 2 is 2.08 bits per heavy atom. The predicted octanol–water partition coefficient (Wildman–Crippen LogP) is 3.53. The second kappa shape index (κ2) is 3.91. The molecule has 0 aromatic carbocycles. The molecular formula is C6H2BrF3IN. The van der Waals surface area contributed by atoms with Crippen molar-refractivity contribution < 1.29 is 13.2 Å². The lowest BCUT2D eigenvalue weighted by atomic mass is 10.3. The summed E-state index contributed by atoms with van der Waals surface area (Å²) in [6, 6.07) is 0. The van der Waals surface area contributed by atoms with E-state index in [2.05, 4.69) is 20.9 Å². The van der Waals surface area contributed by atoms with Gasteiger partial charge in [-0.2, -0.15) is 0 Å². The molecule has 0 aliphatic heterocycles. The molecule has 0 aliphatic carbocycles. The van der Waals surface area contributed by atoms with Crippen molar-refractivity contribution in [1.82, 2.24) is 4.98 Å². The van der Waals surface area contributed by atoms with Crippen LogP contribution in [0.4, 0.5) is 13.2 Å². The van der Waals surface area contributed by atoms with Crippen molar-refractivity contribution in [3.63, 3.8) is 0 Å². The van der Waals surface area contributed by atoms with Crippen molar-refractivity contribution in [3.8, 4) is 0 Å². The summed E-state index contributed by atoms with van der Waals surface area (Å²) in [6.45, 7) is 0. The van der Waals surface area contributed by atoms with Crippen LogP contribution in [0.1, 0.15) is 12.0 Å². The summed E-state index contributed by atoms with van der Waals surface area (Å²) in [7, 11) is 0. The highest BCUT2D eigenvalue weighted by atomic mass is 127. The lowest BCUT2D eigenvalue weighted by Gasteiger charge is -2.04. The number of halogens is 5. The Balaban J connectivity index is 3.33. The molecule has 12 heavy (non-hydrogen) atoms. The van der Waals surface area contributed by atoms with Gasteiger partial charge in [-0.1, -0.05) is 0 Å². The fraction of sp³-hybridized carbons (Fsp3) is 0.167. The first kappa shape index (κ1) is 10.2. The van der Waals surface area contributed by atoms with Gasteiger partial charge in [-0.25, -0.2) is 18.2 Å². The standard InChI is InChI=1S/C6H2BrF3IN/c7-5-4(8)3(6(9)10)2(11)1-12-5/h1,6H. The van der Waals surface area contributed by atoms with Gasteiger partial charge in [0.1, 0.15) is 4.60 Å². The van der Waals surface area contributed by atoms with Crippen LogP contribution in [0, 0.1) is 9.39 Å². The lowest BCUT2D eigenvalue weighted by molar-refractivity contribution is 0.145. The van der Waals surface area contributed by atoms with E-state index < -0.39 is 17.8 Å². The summed E-state index contributed by atoms with van der Waals surface area (Å²) in [4.78, 5) is 3.52. The largest absolute Gasteiger partial charge is 0.267 e. The van der Waals surface area contributed by atoms with E-state index in [0.717, 1.165) is 0 Å². The molecular weight excluding hydrogens is 350 g/mol. The van der Waals surface area contributed by atoms with E-state index in [1.165, 1.54) is 6.20 Å². The maximum absolute atomic E-state index is 12.9. The second-order valence-corrected chi connectivity index (χ2v) is 3.84. The molecule has 66 valence electrons. The van der Waals surface area contributed by atoms with Crippen LogP contribution in [0.3, 0.4) is 0 Å². The topological polar surface area (TPSA) is 12.9 Å². The smallest absolute Gasteiger partial charge is 0.245 e. The number of pyridine rings is 1. The van der Waals surface area contributed by atoms with E-state index in [-0.39, 0.29) is 8.17 Å². The molecule has 0 unspecified atom stereocenters. The average molecular weight is 352 g/mol. The Bertz CT molecular complexity index is 305. The molecule has 1 rings (SSSR count). The summed E-state index contributed by atoms with van der Waals surface area (Å²) in [5.74, 6) is -0.989. The van der Waals surface area contributed by atoms with E-state index in [1.54, 1.807) is 22.6 Å². The highest BCUT2D eigenvalue weighted by Gasteiger charge is 2.19. The number of aromatic nitrogens is 1. The first-order chi connectivity index (χ1) is 5.54. The minimum atomic E-state index is -2.81. The quantitative estimate of drug-likeness (QED) is 0.557. The molecule has 1 heterocycles. The summed E-state index contributed by atoms with van der Waals surface area (Å²) in [6.07, 6.45) is -1.62. The summed E-state index contributed by atoms with van der Waals surface area (Å²) >= 11 is 4.34. The van der Waals surface area contributed by atoms with Crippen molar-refractivity contribution >= 4 is 38.5 Å². The zero-order chi connectivity index (χ0) is 9.30. The molecule has 0 amide bonds. The SMILES string of the molecule is Fc1c(Br)ncc(I)c1C(F)F. The highest BCUT2D eigenvalue weighted by molar-refractivity contribution is 14.1. The Morgan fingerprint density at radius 1 is 1.50 bits per heavy atom. The fourth-order valence-corrected chi connectivity index (χ4v) is 1.58. The van der Waals surface area contributed by atoms with E-state index in [1.807, 2.05) is 0 Å². The number of hydrogen-bond donors (Lipinski definition) is 0. The van der Waals surface area contributed by atoms with Gasteiger partial charge in [0.25, 0.3) is 6.43 Å². The third-order valence-electron chi connectivity index (χ3n) is 1.18. The van der Waals surface area contributed by atoms with Crippen LogP contribution in [0.25, 0.3) is 0 Å². The van der Waals surface area contributed by atoms with Gasteiger partial charge in [-0.3, -0.25) is 0 Å². The van der Waals surface area contributed by atoms with Gasteiger partial charge in [-0.05, 0) is 38.5 Å². The van der Waals surface area contributed by atoms with Crippen molar-refractivity contribution in [3.05, 3.63) is 25.8 Å². The first-order valence-electron chi connectivity index (χ1n) is 2.81. The molecule has 0 bridgehead atoms. The molecule has 1 nitrogen and oxygen atoms in total. The number of alkyl halides is 2. The molecule has 1 aromatic heterocycles. The monoisotopic (exact) mass is 351 g/mol. The Hall–Kier alpha value is 0.150. The predicted molar refractivity (Wildman–Crippen MR) is 49.6 cm³/mol. The molecule has 0 fully saturated rings. The van der Waals surface area contributed by atoms with E-state index in [0.29, 0.717) is 0 Å². The van der Waals surface area contributed by atoms with Crippen LogP contribution in [-0.4, -0.2) is 4.98 Å². The zero-order valence-electron chi connectivity index (χ0n) is 5.49. The van der Waals surface area contributed by atoms with Gasteiger partial charge >= 0.3 is 0 Å². The van der Waals surface area contributed by atoms with Gasteiger partial charge in [0.05, 0.1) is 5.56 Å². The summed E-state index contributed by atoms with van der Waals surface area (Å²) in [5, 5.41) is 0. The molecule has 0 N–H and O–H groups in total. The molecule has 1 aromatic rings. The van der Waals surface area contributed by atoms with Crippen molar-refractivity contribution in [2.75, 3.05) is 0 Å². The number of nitrogens with zero attached hydrogens (tertiary/aromatic N) is 1. The minimum absolute atomic E-state index is 0.128.